The second-order valence-corrected chi connectivity index (χ2v) is 6.71. The maximum Gasteiger partial charge on any atom is 0.0566 e. The maximum atomic E-state index is 6.36. The average molecular weight is 288 g/mol. The molecule has 0 aromatic heterocycles. The van der Waals surface area contributed by atoms with E-state index < -0.39 is 0 Å². The van der Waals surface area contributed by atoms with Gasteiger partial charge < -0.3 is 5.73 Å². The van der Waals surface area contributed by atoms with Gasteiger partial charge in [0.1, 0.15) is 0 Å². The van der Waals surface area contributed by atoms with Crippen molar-refractivity contribution in [2.45, 2.75) is 39.2 Å². The summed E-state index contributed by atoms with van der Waals surface area (Å²) in [6.45, 7) is 8.62. The topological polar surface area (TPSA) is 26.0 Å². The van der Waals surface area contributed by atoms with E-state index in [1.807, 2.05) is 25.1 Å². The largest absolute Gasteiger partial charge is 0.320 e. The summed E-state index contributed by atoms with van der Waals surface area (Å²) in [6.07, 6.45) is 0. The predicted octanol–water partition coefficient (Wildman–Crippen LogP) is 4.99. The van der Waals surface area contributed by atoms with Crippen molar-refractivity contribution in [3.05, 3.63) is 69.7 Å². The summed E-state index contributed by atoms with van der Waals surface area (Å²) in [5, 5.41) is 0.764. The standard InChI is InChI=1S/C18H22ClN/c1-12-6-5-7-15(16(12)19)17(20)13-8-10-14(11-9-13)18(2,3)4/h5-11,17H,20H2,1-4H3. The summed E-state index contributed by atoms with van der Waals surface area (Å²) < 4.78 is 0. The Morgan fingerprint density at radius 1 is 1.00 bits per heavy atom. The molecule has 20 heavy (non-hydrogen) atoms. The highest BCUT2D eigenvalue weighted by Crippen LogP contribution is 2.30. The van der Waals surface area contributed by atoms with Crippen LogP contribution in [0, 0.1) is 6.92 Å². The minimum atomic E-state index is -0.184. The van der Waals surface area contributed by atoms with E-state index in [0.29, 0.717) is 0 Å². The number of rotatable bonds is 2. The van der Waals surface area contributed by atoms with Crippen molar-refractivity contribution in [3.8, 4) is 0 Å². The molecular formula is C18H22ClN. The molecule has 2 aromatic carbocycles. The first kappa shape index (κ1) is 15.1. The first-order chi connectivity index (χ1) is 9.30. The lowest BCUT2D eigenvalue weighted by Crippen LogP contribution is -2.14. The SMILES string of the molecule is Cc1cccc(C(N)c2ccc(C(C)(C)C)cc2)c1Cl. The highest BCUT2D eigenvalue weighted by molar-refractivity contribution is 6.32. The van der Waals surface area contributed by atoms with Gasteiger partial charge in [-0.3, -0.25) is 0 Å². The van der Waals surface area contributed by atoms with Crippen LogP contribution in [-0.2, 0) is 5.41 Å². The van der Waals surface area contributed by atoms with E-state index in [1.54, 1.807) is 0 Å². The molecule has 1 nitrogen and oxygen atoms in total. The maximum absolute atomic E-state index is 6.36. The fourth-order valence-electron chi connectivity index (χ4n) is 2.28. The molecule has 2 heteroatoms. The van der Waals surface area contributed by atoms with Gasteiger partial charge in [0, 0.05) is 5.02 Å². The smallest absolute Gasteiger partial charge is 0.0566 e. The molecule has 0 amide bonds. The number of hydrogen-bond donors (Lipinski definition) is 1. The summed E-state index contributed by atoms with van der Waals surface area (Å²) in [5.74, 6) is 0. The van der Waals surface area contributed by atoms with Gasteiger partial charge in [-0.25, -0.2) is 0 Å². The summed E-state index contributed by atoms with van der Waals surface area (Å²) in [5.41, 5.74) is 11.0. The Kier molecular flexibility index (Phi) is 4.22. The number of nitrogens with two attached hydrogens (primary N) is 1. The van der Waals surface area contributed by atoms with E-state index in [2.05, 4.69) is 45.0 Å². The van der Waals surface area contributed by atoms with E-state index in [4.69, 9.17) is 17.3 Å². The van der Waals surface area contributed by atoms with E-state index in [9.17, 15) is 0 Å². The molecule has 0 saturated heterocycles. The second kappa shape index (κ2) is 5.59. The monoisotopic (exact) mass is 287 g/mol. The Morgan fingerprint density at radius 2 is 1.60 bits per heavy atom. The third-order valence-corrected chi connectivity index (χ3v) is 4.21. The van der Waals surface area contributed by atoms with Crippen LogP contribution in [0.3, 0.4) is 0 Å². The molecule has 0 aliphatic carbocycles. The molecule has 0 fully saturated rings. The van der Waals surface area contributed by atoms with Gasteiger partial charge in [0.15, 0.2) is 0 Å². The van der Waals surface area contributed by atoms with E-state index in [-0.39, 0.29) is 11.5 Å². The highest BCUT2D eigenvalue weighted by Gasteiger charge is 2.16. The fraction of sp³-hybridized carbons (Fsp3) is 0.333. The zero-order valence-corrected chi connectivity index (χ0v) is 13.3. The molecule has 2 rings (SSSR count). The molecule has 0 bridgehead atoms. The molecule has 2 N–H and O–H groups in total. The van der Waals surface area contributed by atoms with Crippen LogP contribution >= 0.6 is 11.6 Å². The number of aryl methyl sites for hydroxylation is 1. The minimum Gasteiger partial charge on any atom is -0.320 e. The lowest BCUT2D eigenvalue weighted by molar-refractivity contribution is 0.589. The van der Waals surface area contributed by atoms with Crippen LogP contribution in [0.25, 0.3) is 0 Å². The first-order valence-electron chi connectivity index (χ1n) is 6.92. The van der Waals surface area contributed by atoms with Crippen molar-refractivity contribution in [1.29, 1.82) is 0 Å². The summed E-state index contributed by atoms with van der Waals surface area (Å²) >= 11 is 6.36. The summed E-state index contributed by atoms with van der Waals surface area (Å²) in [4.78, 5) is 0. The van der Waals surface area contributed by atoms with Crippen LogP contribution < -0.4 is 5.73 Å². The first-order valence-corrected chi connectivity index (χ1v) is 7.29. The summed E-state index contributed by atoms with van der Waals surface area (Å²) in [6, 6.07) is 14.3. The third kappa shape index (κ3) is 3.05. The van der Waals surface area contributed by atoms with Gasteiger partial charge in [-0.1, -0.05) is 74.8 Å². The average Bonchev–Trinajstić information content (AvgIpc) is 2.40. The molecule has 0 saturated carbocycles. The molecule has 0 heterocycles. The van der Waals surface area contributed by atoms with Crippen molar-refractivity contribution in [2.24, 2.45) is 5.73 Å². The van der Waals surface area contributed by atoms with Crippen LogP contribution in [0.5, 0.6) is 0 Å². The number of halogens is 1. The van der Waals surface area contributed by atoms with Crippen LogP contribution in [0.2, 0.25) is 5.02 Å². The van der Waals surface area contributed by atoms with Crippen molar-refractivity contribution in [3.63, 3.8) is 0 Å². The molecule has 0 aliphatic heterocycles. The lowest BCUT2D eigenvalue weighted by Gasteiger charge is -2.21. The van der Waals surface area contributed by atoms with Gasteiger partial charge in [-0.05, 0) is 34.6 Å². The fourth-order valence-corrected chi connectivity index (χ4v) is 2.52. The zero-order chi connectivity index (χ0) is 14.9. The van der Waals surface area contributed by atoms with Gasteiger partial charge in [0.2, 0.25) is 0 Å². The predicted molar refractivity (Wildman–Crippen MR) is 87.4 cm³/mol. The Labute approximate surface area is 126 Å². The van der Waals surface area contributed by atoms with E-state index in [1.165, 1.54) is 5.56 Å². The Hall–Kier alpha value is -1.31. The molecule has 1 unspecified atom stereocenters. The zero-order valence-electron chi connectivity index (χ0n) is 12.6. The second-order valence-electron chi connectivity index (χ2n) is 6.33. The molecule has 0 spiro atoms. The van der Waals surface area contributed by atoms with Gasteiger partial charge in [-0.2, -0.15) is 0 Å². The molecule has 106 valence electrons. The van der Waals surface area contributed by atoms with E-state index in [0.717, 1.165) is 21.7 Å². The van der Waals surface area contributed by atoms with Crippen molar-refractivity contribution in [2.75, 3.05) is 0 Å². The van der Waals surface area contributed by atoms with Gasteiger partial charge in [0.05, 0.1) is 6.04 Å². The van der Waals surface area contributed by atoms with Crippen LogP contribution in [0.1, 0.15) is 49.1 Å². The van der Waals surface area contributed by atoms with Gasteiger partial charge in [0.25, 0.3) is 0 Å². The van der Waals surface area contributed by atoms with Crippen LogP contribution in [0.15, 0.2) is 42.5 Å². The van der Waals surface area contributed by atoms with Crippen LogP contribution in [-0.4, -0.2) is 0 Å². The highest BCUT2D eigenvalue weighted by atomic mass is 35.5. The molecular weight excluding hydrogens is 266 g/mol. The lowest BCUT2D eigenvalue weighted by atomic mass is 9.86. The van der Waals surface area contributed by atoms with E-state index >= 15 is 0 Å². The Balaban J connectivity index is 2.34. The number of benzene rings is 2. The normalized spacial score (nSPS) is 13.3. The van der Waals surface area contributed by atoms with Crippen molar-refractivity contribution >= 4 is 11.6 Å². The van der Waals surface area contributed by atoms with Crippen LogP contribution in [0.4, 0.5) is 0 Å². The minimum absolute atomic E-state index is 0.156. The molecule has 1 atom stereocenters. The molecule has 0 aliphatic rings. The van der Waals surface area contributed by atoms with Crippen molar-refractivity contribution < 1.29 is 0 Å². The Morgan fingerprint density at radius 3 is 2.15 bits per heavy atom. The summed E-state index contributed by atoms with van der Waals surface area (Å²) in [7, 11) is 0. The van der Waals surface area contributed by atoms with Crippen molar-refractivity contribution in [1.82, 2.24) is 0 Å². The van der Waals surface area contributed by atoms with Gasteiger partial charge >= 0.3 is 0 Å². The quantitative estimate of drug-likeness (QED) is 0.827. The van der Waals surface area contributed by atoms with Gasteiger partial charge in [-0.15, -0.1) is 0 Å². The molecule has 2 aromatic rings. The number of hydrogen-bond acceptors (Lipinski definition) is 1. The Bertz CT molecular complexity index is 594. The molecule has 0 radical (unpaired) electrons. The third-order valence-electron chi connectivity index (χ3n) is 3.69.